The number of halogens is 1. The number of aromatic nitrogens is 2. The monoisotopic (exact) mass is 338 g/mol. The van der Waals surface area contributed by atoms with E-state index >= 15 is 0 Å². The van der Waals surface area contributed by atoms with Gasteiger partial charge in [0.05, 0.1) is 5.69 Å². The molecule has 0 fully saturated rings. The first-order valence-corrected chi connectivity index (χ1v) is 7.49. The van der Waals surface area contributed by atoms with Gasteiger partial charge in [0.2, 0.25) is 5.91 Å². The van der Waals surface area contributed by atoms with Crippen molar-refractivity contribution in [1.29, 1.82) is 0 Å². The zero-order valence-electron chi connectivity index (χ0n) is 12.5. The van der Waals surface area contributed by atoms with Gasteiger partial charge in [-0.1, -0.05) is 35.9 Å². The molecule has 0 atom stereocenters. The van der Waals surface area contributed by atoms with Crippen LogP contribution in [0.5, 0.6) is 11.5 Å². The second-order valence-electron chi connectivity index (χ2n) is 4.91. The van der Waals surface area contributed by atoms with Gasteiger partial charge in [0.25, 0.3) is 0 Å². The Labute approximate surface area is 144 Å². The number of carbonyl (C=O) groups is 1. The number of hydrogen-bond acceptors (Lipinski definition) is 4. The van der Waals surface area contributed by atoms with Crippen LogP contribution in [0.15, 0.2) is 60.9 Å². The average Bonchev–Trinajstić information content (AvgIpc) is 2.59. The quantitative estimate of drug-likeness (QED) is 0.770. The van der Waals surface area contributed by atoms with E-state index in [2.05, 4.69) is 9.97 Å². The van der Waals surface area contributed by atoms with E-state index in [9.17, 15) is 4.79 Å². The van der Waals surface area contributed by atoms with Gasteiger partial charge < -0.3 is 10.5 Å². The van der Waals surface area contributed by atoms with Crippen molar-refractivity contribution in [3.63, 3.8) is 0 Å². The maximum Gasteiger partial charge on any atom is 0.249 e. The molecular weight excluding hydrogens is 326 g/mol. The largest absolute Gasteiger partial charge is 0.457 e. The van der Waals surface area contributed by atoms with Crippen molar-refractivity contribution < 1.29 is 9.53 Å². The second-order valence-corrected chi connectivity index (χ2v) is 5.26. The van der Waals surface area contributed by atoms with Gasteiger partial charge in [0.15, 0.2) is 5.15 Å². The van der Waals surface area contributed by atoms with Crippen LogP contribution in [0.1, 0.15) is 21.6 Å². The van der Waals surface area contributed by atoms with Crippen LogP contribution in [0.25, 0.3) is 0 Å². The number of benzene rings is 2. The number of para-hydroxylation sites is 1. The summed E-state index contributed by atoms with van der Waals surface area (Å²) in [4.78, 5) is 19.9. The lowest BCUT2D eigenvalue weighted by Gasteiger charge is -2.10. The van der Waals surface area contributed by atoms with E-state index < -0.39 is 5.91 Å². The molecule has 119 valence electrons. The van der Waals surface area contributed by atoms with Crippen LogP contribution in [0.3, 0.4) is 0 Å². The minimum Gasteiger partial charge on any atom is -0.457 e. The summed E-state index contributed by atoms with van der Waals surface area (Å²) < 4.78 is 5.72. The molecule has 0 unspecified atom stereocenters. The number of ether oxygens (including phenoxy) is 1. The van der Waals surface area contributed by atoms with Crippen LogP contribution in [0, 0.1) is 6.42 Å². The van der Waals surface area contributed by atoms with E-state index in [1.807, 2.05) is 30.3 Å². The first-order chi connectivity index (χ1) is 11.6. The van der Waals surface area contributed by atoms with Gasteiger partial charge >= 0.3 is 0 Å². The minimum atomic E-state index is -0.570. The average molecular weight is 339 g/mol. The Morgan fingerprint density at radius 1 is 1.04 bits per heavy atom. The van der Waals surface area contributed by atoms with Crippen molar-refractivity contribution >= 4 is 17.5 Å². The molecule has 2 aromatic carbocycles. The highest BCUT2D eigenvalue weighted by molar-refractivity contribution is 6.30. The standard InChI is InChI=1S/C18H13ClN3O2/c19-17-16(21-8-9-22-17)10-12-6-7-14(11-15(12)18(20)23)24-13-4-2-1-3-5-13/h1-11H,(H2,20,23). The summed E-state index contributed by atoms with van der Waals surface area (Å²) in [6.07, 6.45) is 4.67. The number of hydrogen-bond donors (Lipinski definition) is 1. The summed E-state index contributed by atoms with van der Waals surface area (Å²) in [7, 11) is 0. The predicted octanol–water partition coefficient (Wildman–Crippen LogP) is 3.62. The zero-order valence-corrected chi connectivity index (χ0v) is 13.3. The Kier molecular flexibility index (Phi) is 4.72. The second kappa shape index (κ2) is 7.10. The Morgan fingerprint density at radius 2 is 1.79 bits per heavy atom. The molecule has 1 radical (unpaired) electrons. The van der Waals surface area contributed by atoms with Crippen molar-refractivity contribution in [3.8, 4) is 11.5 Å². The number of nitrogens with zero attached hydrogens (tertiary/aromatic N) is 2. The zero-order chi connectivity index (χ0) is 16.9. The van der Waals surface area contributed by atoms with E-state index in [4.69, 9.17) is 22.1 Å². The van der Waals surface area contributed by atoms with Crippen LogP contribution in [0.2, 0.25) is 5.15 Å². The maximum absolute atomic E-state index is 11.8. The molecule has 3 aromatic rings. The molecule has 0 spiro atoms. The molecular formula is C18H13ClN3O2. The van der Waals surface area contributed by atoms with Crippen LogP contribution < -0.4 is 10.5 Å². The number of rotatable bonds is 5. The Morgan fingerprint density at radius 3 is 2.50 bits per heavy atom. The molecule has 24 heavy (non-hydrogen) atoms. The summed E-state index contributed by atoms with van der Waals surface area (Å²) in [5, 5.41) is 0.248. The van der Waals surface area contributed by atoms with Crippen LogP contribution in [-0.2, 0) is 0 Å². The summed E-state index contributed by atoms with van der Waals surface area (Å²) in [5.74, 6) is 0.610. The molecule has 1 aromatic heterocycles. The molecule has 0 saturated heterocycles. The lowest BCUT2D eigenvalue weighted by Crippen LogP contribution is -2.14. The van der Waals surface area contributed by atoms with Crippen molar-refractivity contribution in [2.75, 3.05) is 0 Å². The third kappa shape index (κ3) is 3.70. The predicted molar refractivity (Wildman–Crippen MR) is 91.0 cm³/mol. The number of carbonyl (C=O) groups excluding carboxylic acids is 1. The van der Waals surface area contributed by atoms with E-state index in [1.54, 1.807) is 24.6 Å². The fraction of sp³-hybridized carbons (Fsp3) is 0. The molecule has 3 rings (SSSR count). The molecule has 6 heteroatoms. The van der Waals surface area contributed by atoms with Gasteiger partial charge in [-0.2, -0.15) is 0 Å². The lowest BCUT2D eigenvalue weighted by molar-refractivity contribution is 0.0999. The highest BCUT2D eigenvalue weighted by Gasteiger charge is 2.14. The van der Waals surface area contributed by atoms with Gasteiger partial charge in [-0.25, -0.2) is 4.98 Å². The van der Waals surface area contributed by atoms with Gasteiger partial charge in [0, 0.05) is 24.4 Å². The first-order valence-electron chi connectivity index (χ1n) is 7.11. The first kappa shape index (κ1) is 16.0. The third-order valence-electron chi connectivity index (χ3n) is 3.24. The lowest BCUT2D eigenvalue weighted by atomic mass is 10.0. The fourth-order valence-corrected chi connectivity index (χ4v) is 2.30. The molecule has 1 amide bonds. The van der Waals surface area contributed by atoms with Crippen LogP contribution in [-0.4, -0.2) is 15.9 Å². The SMILES string of the molecule is NC(=O)c1cc(Oc2ccccc2)ccc1[CH]c1nccnc1Cl. The molecule has 1 heterocycles. The van der Waals surface area contributed by atoms with Crippen molar-refractivity contribution in [1.82, 2.24) is 9.97 Å². The molecule has 0 aliphatic carbocycles. The van der Waals surface area contributed by atoms with E-state index in [0.29, 0.717) is 28.3 Å². The molecule has 0 bridgehead atoms. The normalized spacial score (nSPS) is 10.4. The molecule has 5 nitrogen and oxygen atoms in total. The van der Waals surface area contributed by atoms with Crippen molar-refractivity contribution in [2.45, 2.75) is 0 Å². The number of amides is 1. The topological polar surface area (TPSA) is 78.1 Å². The summed E-state index contributed by atoms with van der Waals surface area (Å²) >= 11 is 6.00. The highest BCUT2D eigenvalue weighted by atomic mass is 35.5. The maximum atomic E-state index is 11.8. The minimum absolute atomic E-state index is 0.248. The van der Waals surface area contributed by atoms with Gasteiger partial charge in [-0.15, -0.1) is 0 Å². The molecule has 0 aliphatic heterocycles. The van der Waals surface area contributed by atoms with Gasteiger partial charge in [0.1, 0.15) is 11.5 Å². The summed E-state index contributed by atoms with van der Waals surface area (Å²) in [6, 6.07) is 14.3. The highest BCUT2D eigenvalue weighted by Crippen LogP contribution is 2.26. The summed E-state index contributed by atoms with van der Waals surface area (Å²) in [5.41, 5.74) is 6.84. The smallest absolute Gasteiger partial charge is 0.249 e. The Bertz CT molecular complexity index is 869. The van der Waals surface area contributed by atoms with E-state index in [-0.39, 0.29) is 5.15 Å². The van der Waals surface area contributed by atoms with Crippen LogP contribution in [0.4, 0.5) is 0 Å². The molecule has 0 saturated carbocycles. The van der Waals surface area contributed by atoms with Crippen molar-refractivity contribution in [3.05, 3.63) is 89.3 Å². The summed E-state index contributed by atoms with van der Waals surface area (Å²) in [6.45, 7) is 0. The number of nitrogens with two attached hydrogens (primary N) is 1. The number of primary amides is 1. The molecule has 2 N–H and O–H groups in total. The van der Waals surface area contributed by atoms with Crippen LogP contribution >= 0.6 is 11.6 Å². The van der Waals surface area contributed by atoms with E-state index in [0.717, 1.165) is 0 Å². The fourth-order valence-electron chi connectivity index (χ4n) is 2.14. The van der Waals surface area contributed by atoms with Gasteiger partial charge in [-0.3, -0.25) is 9.78 Å². The van der Waals surface area contributed by atoms with Crippen molar-refractivity contribution in [2.24, 2.45) is 5.73 Å². The van der Waals surface area contributed by atoms with E-state index in [1.165, 1.54) is 12.4 Å². The Hall–Kier alpha value is -2.92. The third-order valence-corrected chi connectivity index (χ3v) is 3.53. The molecule has 0 aliphatic rings. The Balaban J connectivity index is 1.90. The van der Waals surface area contributed by atoms with Gasteiger partial charge in [-0.05, 0) is 29.8 Å².